The van der Waals surface area contributed by atoms with E-state index in [0.717, 1.165) is 39.5 Å². The van der Waals surface area contributed by atoms with Gasteiger partial charge in [-0.15, -0.1) is 0 Å². The average molecular weight is 463 g/mol. The minimum absolute atomic E-state index is 0.194. The molecule has 2 aliphatic heterocycles. The van der Waals surface area contributed by atoms with Gasteiger partial charge in [0.1, 0.15) is 0 Å². The normalized spacial score (nSPS) is 26.1. The van der Waals surface area contributed by atoms with Crippen LogP contribution in [0.25, 0.3) is 0 Å². The number of carbonyl (C=O) groups is 1. The molecule has 1 aromatic carbocycles. The number of hydrogen-bond donors (Lipinski definition) is 1. The first-order chi connectivity index (χ1) is 10.2. The molecule has 5 heteroatoms. The van der Waals surface area contributed by atoms with E-state index in [4.69, 9.17) is 0 Å². The van der Waals surface area contributed by atoms with Gasteiger partial charge in [-0.25, -0.2) is 0 Å². The van der Waals surface area contributed by atoms with Crippen molar-refractivity contribution >= 4 is 44.4 Å². The van der Waals surface area contributed by atoms with E-state index in [-0.39, 0.29) is 5.91 Å². The van der Waals surface area contributed by atoms with Gasteiger partial charge < -0.3 is 10.2 Å². The molecule has 1 aromatic rings. The molecular formula is C16H20BrIN2O. The molecule has 2 fully saturated rings. The molecule has 0 radical (unpaired) electrons. The molecule has 1 N–H and O–H groups in total. The second-order valence-electron chi connectivity index (χ2n) is 5.89. The first kappa shape index (κ1) is 15.7. The summed E-state index contributed by atoms with van der Waals surface area (Å²) in [6.45, 7) is 1.99. The lowest BCUT2D eigenvalue weighted by Crippen LogP contribution is -2.52. The summed E-state index contributed by atoms with van der Waals surface area (Å²) in [4.78, 5) is 15.1. The standard InChI is InChI=1S/C16H20BrIN2O/c17-11-6-7-13(18)12(10-11)16(21)20-9-2-1-5-15(20)14-4-3-8-19-14/h6-7,10,14-15,19H,1-5,8-9H2. The van der Waals surface area contributed by atoms with Crippen LogP contribution in [0, 0.1) is 3.57 Å². The number of halogens is 2. The molecule has 2 unspecified atom stereocenters. The Morgan fingerprint density at radius 1 is 1.29 bits per heavy atom. The van der Waals surface area contributed by atoms with Crippen molar-refractivity contribution in [1.82, 2.24) is 10.2 Å². The van der Waals surface area contributed by atoms with Crippen LogP contribution in [0.4, 0.5) is 0 Å². The predicted octanol–water partition coefficient (Wildman–Crippen LogP) is 3.80. The highest BCUT2D eigenvalue weighted by molar-refractivity contribution is 14.1. The molecule has 21 heavy (non-hydrogen) atoms. The largest absolute Gasteiger partial charge is 0.334 e. The van der Waals surface area contributed by atoms with Crippen molar-refractivity contribution in [2.75, 3.05) is 13.1 Å². The zero-order chi connectivity index (χ0) is 14.8. The highest BCUT2D eigenvalue weighted by Crippen LogP contribution is 2.28. The molecule has 1 amide bonds. The van der Waals surface area contributed by atoms with E-state index in [1.165, 1.54) is 19.3 Å². The van der Waals surface area contributed by atoms with Gasteiger partial charge in [0.25, 0.3) is 5.91 Å². The summed E-state index contributed by atoms with van der Waals surface area (Å²) in [5, 5.41) is 3.58. The van der Waals surface area contributed by atoms with E-state index >= 15 is 0 Å². The maximum atomic E-state index is 13.0. The lowest BCUT2D eigenvalue weighted by Gasteiger charge is -2.39. The fourth-order valence-electron chi connectivity index (χ4n) is 3.48. The quantitative estimate of drug-likeness (QED) is 0.678. The first-order valence-electron chi connectivity index (χ1n) is 7.66. The number of carbonyl (C=O) groups excluding carboxylic acids is 1. The second kappa shape index (κ2) is 6.96. The Bertz CT molecular complexity index is 531. The number of nitrogens with one attached hydrogen (secondary N) is 1. The summed E-state index contributed by atoms with van der Waals surface area (Å²) in [5.41, 5.74) is 0.829. The van der Waals surface area contributed by atoms with E-state index < -0.39 is 0 Å². The van der Waals surface area contributed by atoms with Gasteiger partial charge in [-0.05, 0) is 79.4 Å². The predicted molar refractivity (Wildman–Crippen MR) is 96.6 cm³/mol. The lowest BCUT2D eigenvalue weighted by atomic mass is 9.93. The summed E-state index contributed by atoms with van der Waals surface area (Å²) in [6, 6.07) is 6.80. The van der Waals surface area contributed by atoms with Crippen molar-refractivity contribution in [3.63, 3.8) is 0 Å². The highest BCUT2D eigenvalue weighted by Gasteiger charge is 2.35. The molecule has 3 nitrogen and oxygen atoms in total. The lowest BCUT2D eigenvalue weighted by molar-refractivity contribution is 0.0562. The van der Waals surface area contributed by atoms with Gasteiger partial charge >= 0.3 is 0 Å². The van der Waals surface area contributed by atoms with Gasteiger partial charge in [-0.3, -0.25) is 4.79 Å². The highest BCUT2D eigenvalue weighted by atomic mass is 127. The summed E-state index contributed by atoms with van der Waals surface area (Å²) >= 11 is 5.74. The van der Waals surface area contributed by atoms with Crippen LogP contribution in [0.1, 0.15) is 42.5 Å². The average Bonchev–Trinajstić information content (AvgIpc) is 3.03. The van der Waals surface area contributed by atoms with Gasteiger partial charge in [0.2, 0.25) is 0 Å². The van der Waals surface area contributed by atoms with Crippen LogP contribution in [0.15, 0.2) is 22.7 Å². The number of hydrogen-bond acceptors (Lipinski definition) is 2. The van der Waals surface area contributed by atoms with Crippen LogP contribution in [-0.4, -0.2) is 36.0 Å². The molecule has 2 heterocycles. The molecule has 0 spiro atoms. The first-order valence-corrected chi connectivity index (χ1v) is 9.53. The molecule has 114 valence electrons. The third-order valence-electron chi connectivity index (χ3n) is 4.53. The third kappa shape index (κ3) is 3.45. The fraction of sp³-hybridized carbons (Fsp3) is 0.562. The number of piperidine rings is 1. The molecule has 3 rings (SSSR count). The molecule has 2 atom stereocenters. The maximum Gasteiger partial charge on any atom is 0.255 e. The SMILES string of the molecule is O=C(c1cc(Br)ccc1I)N1CCCCC1C1CCCN1. The Morgan fingerprint density at radius 2 is 2.14 bits per heavy atom. The zero-order valence-electron chi connectivity index (χ0n) is 11.9. The zero-order valence-corrected chi connectivity index (χ0v) is 15.7. The van der Waals surface area contributed by atoms with E-state index in [1.54, 1.807) is 0 Å². The summed E-state index contributed by atoms with van der Waals surface area (Å²) in [6.07, 6.45) is 5.93. The smallest absolute Gasteiger partial charge is 0.255 e. The summed E-state index contributed by atoms with van der Waals surface area (Å²) in [7, 11) is 0. The Morgan fingerprint density at radius 3 is 2.90 bits per heavy atom. The van der Waals surface area contributed by atoms with Crippen LogP contribution in [0.3, 0.4) is 0 Å². The molecule has 2 aliphatic rings. The van der Waals surface area contributed by atoms with Crippen molar-refractivity contribution in [3.05, 3.63) is 31.8 Å². The molecule has 0 saturated carbocycles. The van der Waals surface area contributed by atoms with Crippen molar-refractivity contribution in [2.45, 2.75) is 44.2 Å². The van der Waals surface area contributed by atoms with Crippen LogP contribution in [0.5, 0.6) is 0 Å². The third-order valence-corrected chi connectivity index (χ3v) is 5.97. The number of amides is 1. The molecule has 0 aromatic heterocycles. The number of likely N-dealkylation sites (tertiary alicyclic amines) is 1. The number of benzene rings is 1. The van der Waals surface area contributed by atoms with E-state index in [1.807, 2.05) is 18.2 Å². The van der Waals surface area contributed by atoms with E-state index in [0.29, 0.717) is 12.1 Å². The molecular weight excluding hydrogens is 443 g/mol. The Balaban J connectivity index is 1.85. The second-order valence-corrected chi connectivity index (χ2v) is 7.97. The van der Waals surface area contributed by atoms with Crippen molar-refractivity contribution < 1.29 is 4.79 Å². The Labute approximate surface area is 148 Å². The van der Waals surface area contributed by atoms with E-state index in [2.05, 4.69) is 48.7 Å². The molecule has 2 saturated heterocycles. The number of rotatable bonds is 2. The van der Waals surface area contributed by atoms with Gasteiger partial charge in [0, 0.05) is 26.7 Å². The van der Waals surface area contributed by atoms with Gasteiger partial charge in [-0.2, -0.15) is 0 Å². The van der Waals surface area contributed by atoms with Crippen LogP contribution >= 0.6 is 38.5 Å². The molecule has 0 bridgehead atoms. The van der Waals surface area contributed by atoms with Gasteiger partial charge in [0.05, 0.1) is 5.56 Å². The van der Waals surface area contributed by atoms with Crippen molar-refractivity contribution in [3.8, 4) is 0 Å². The van der Waals surface area contributed by atoms with E-state index in [9.17, 15) is 4.79 Å². The summed E-state index contributed by atoms with van der Waals surface area (Å²) in [5.74, 6) is 0.194. The topological polar surface area (TPSA) is 32.3 Å². The fourth-order valence-corrected chi connectivity index (χ4v) is 4.41. The van der Waals surface area contributed by atoms with Crippen LogP contribution in [0.2, 0.25) is 0 Å². The minimum Gasteiger partial charge on any atom is -0.334 e. The van der Waals surface area contributed by atoms with Crippen molar-refractivity contribution in [2.24, 2.45) is 0 Å². The van der Waals surface area contributed by atoms with Gasteiger partial charge in [-0.1, -0.05) is 15.9 Å². The Hall–Kier alpha value is -0.140. The molecule has 0 aliphatic carbocycles. The van der Waals surface area contributed by atoms with Crippen molar-refractivity contribution in [1.29, 1.82) is 0 Å². The Kier molecular flexibility index (Phi) is 5.22. The van der Waals surface area contributed by atoms with Gasteiger partial charge in [0.15, 0.2) is 0 Å². The monoisotopic (exact) mass is 462 g/mol. The number of nitrogens with zero attached hydrogens (tertiary/aromatic N) is 1. The maximum absolute atomic E-state index is 13.0. The minimum atomic E-state index is 0.194. The van der Waals surface area contributed by atoms with Crippen LogP contribution in [-0.2, 0) is 0 Å². The summed E-state index contributed by atoms with van der Waals surface area (Å²) < 4.78 is 2.00. The van der Waals surface area contributed by atoms with Crippen LogP contribution < -0.4 is 5.32 Å².